The molecule has 0 unspecified atom stereocenters. The first kappa shape index (κ1) is 14.0. The minimum absolute atomic E-state index is 0.0760. The lowest BCUT2D eigenvalue weighted by atomic mass is 10.1. The minimum Gasteiger partial charge on any atom is -0.381 e. The molecular formula is C15H19N3O3. The number of nitrogens with zero attached hydrogens (tertiary/aromatic N) is 3. The molecule has 0 bridgehead atoms. The van der Waals surface area contributed by atoms with Crippen LogP contribution in [0.2, 0.25) is 0 Å². The Morgan fingerprint density at radius 2 is 2.24 bits per heavy atom. The normalized spacial score (nSPS) is 18.3. The predicted octanol–water partition coefficient (Wildman–Crippen LogP) is 2.04. The SMILES string of the molecule is CCn1c(C)cc(C)c(-c2nc([C@@H]3CCOC3)no2)c1=O. The van der Waals surface area contributed by atoms with Crippen molar-refractivity contribution >= 4 is 0 Å². The van der Waals surface area contributed by atoms with E-state index in [1.54, 1.807) is 4.57 Å². The van der Waals surface area contributed by atoms with Gasteiger partial charge in [0.25, 0.3) is 11.4 Å². The van der Waals surface area contributed by atoms with E-state index in [0.29, 0.717) is 30.4 Å². The molecule has 1 aliphatic heterocycles. The third-order valence-corrected chi connectivity index (χ3v) is 3.97. The standard InChI is InChI=1S/C15H19N3O3/c1-4-18-10(3)7-9(2)12(15(18)19)14-16-13(17-21-14)11-5-6-20-8-11/h7,11H,4-6,8H2,1-3H3/t11-/m1/s1. The molecule has 0 saturated carbocycles. The van der Waals surface area contributed by atoms with Gasteiger partial charge >= 0.3 is 0 Å². The smallest absolute Gasteiger partial charge is 0.263 e. The monoisotopic (exact) mass is 289 g/mol. The molecule has 112 valence electrons. The molecule has 1 fully saturated rings. The maximum atomic E-state index is 12.6. The van der Waals surface area contributed by atoms with Gasteiger partial charge in [0.2, 0.25) is 0 Å². The first-order valence-corrected chi connectivity index (χ1v) is 7.24. The average molecular weight is 289 g/mol. The van der Waals surface area contributed by atoms with E-state index in [2.05, 4.69) is 10.1 Å². The van der Waals surface area contributed by atoms with Crippen LogP contribution in [0.4, 0.5) is 0 Å². The molecule has 0 amide bonds. The van der Waals surface area contributed by atoms with Crippen molar-refractivity contribution in [2.75, 3.05) is 13.2 Å². The highest BCUT2D eigenvalue weighted by atomic mass is 16.5. The van der Waals surface area contributed by atoms with Gasteiger partial charge in [0.1, 0.15) is 5.56 Å². The lowest BCUT2D eigenvalue weighted by Gasteiger charge is -2.10. The Balaban J connectivity index is 2.06. The highest BCUT2D eigenvalue weighted by molar-refractivity contribution is 5.57. The van der Waals surface area contributed by atoms with Gasteiger partial charge in [-0.05, 0) is 38.8 Å². The second kappa shape index (κ2) is 5.44. The van der Waals surface area contributed by atoms with Crippen LogP contribution < -0.4 is 5.56 Å². The molecule has 1 saturated heterocycles. The second-order valence-corrected chi connectivity index (χ2v) is 5.41. The van der Waals surface area contributed by atoms with Gasteiger partial charge in [0, 0.05) is 24.8 Å². The van der Waals surface area contributed by atoms with E-state index in [0.717, 1.165) is 24.3 Å². The molecule has 21 heavy (non-hydrogen) atoms. The Morgan fingerprint density at radius 1 is 1.43 bits per heavy atom. The zero-order valence-corrected chi connectivity index (χ0v) is 12.5. The number of hydrogen-bond donors (Lipinski definition) is 0. The van der Waals surface area contributed by atoms with Gasteiger partial charge in [0.15, 0.2) is 5.82 Å². The van der Waals surface area contributed by atoms with E-state index in [-0.39, 0.29) is 11.5 Å². The third-order valence-electron chi connectivity index (χ3n) is 3.97. The van der Waals surface area contributed by atoms with Crippen molar-refractivity contribution in [2.24, 2.45) is 0 Å². The van der Waals surface area contributed by atoms with Crippen molar-refractivity contribution in [1.29, 1.82) is 0 Å². The van der Waals surface area contributed by atoms with Gasteiger partial charge in [-0.3, -0.25) is 4.79 Å². The van der Waals surface area contributed by atoms with Crippen molar-refractivity contribution in [3.63, 3.8) is 0 Å². The molecule has 2 aromatic rings. The average Bonchev–Trinajstić information content (AvgIpc) is 3.09. The summed E-state index contributed by atoms with van der Waals surface area (Å²) in [6.45, 7) is 7.73. The zero-order valence-electron chi connectivity index (χ0n) is 12.5. The minimum atomic E-state index is -0.0760. The highest BCUT2D eigenvalue weighted by Crippen LogP contribution is 2.25. The summed E-state index contributed by atoms with van der Waals surface area (Å²) in [6.07, 6.45) is 0.894. The topological polar surface area (TPSA) is 70.2 Å². The predicted molar refractivity (Wildman–Crippen MR) is 77.3 cm³/mol. The van der Waals surface area contributed by atoms with E-state index in [9.17, 15) is 4.79 Å². The van der Waals surface area contributed by atoms with Crippen LogP contribution in [0.3, 0.4) is 0 Å². The Labute approximate surface area is 122 Å². The lowest BCUT2D eigenvalue weighted by Crippen LogP contribution is -2.24. The first-order chi connectivity index (χ1) is 10.1. The third kappa shape index (κ3) is 2.40. The van der Waals surface area contributed by atoms with Crippen molar-refractivity contribution in [2.45, 2.75) is 39.7 Å². The number of aryl methyl sites for hydroxylation is 2. The van der Waals surface area contributed by atoms with Crippen LogP contribution in [0.5, 0.6) is 0 Å². The Morgan fingerprint density at radius 3 is 2.90 bits per heavy atom. The van der Waals surface area contributed by atoms with E-state index in [1.165, 1.54) is 0 Å². The molecule has 3 heterocycles. The van der Waals surface area contributed by atoms with Crippen molar-refractivity contribution in [3.05, 3.63) is 33.5 Å². The number of hydrogen-bond acceptors (Lipinski definition) is 5. The summed E-state index contributed by atoms with van der Waals surface area (Å²) < 4.78 is 12.4. The summed E-state index contributed by atoms with van der Waals surface area (Å²) in [5, 5.41) is 4.02. The summed E-state index contributed by atoms with van der Waals surface area (Å²) in [5.41, 5.74) is 2.22. The van der Waals surface area contributed by atoms with Crippen molar-refractivity contribution < 1.29 is 9.26 Å². The van der Waals surface area contributed by atoms with Crippen molar-refractivity contribution in [3.8, 4) is 11.5 Å². The summed E-state index contributed by atoms with van der Waals surface area (Å²) in [7, 11) is 0. The quantitative estimate of drug-likeness (QED) is 0.864. The molecule has 3 rings (SSSR count). The summed E-state index contributed by atoms with van der Waals surface area (Å²) in [5.74, 6) is 1.10. The fraction of sp³-hybridized carbons (Fsp3) is 0.533. The molecule has 1 aliphatic rings. The maximum Gasteiger partial charge on any atom is 0.263 e. The van der Waals surface area contributed by atoms with Gasteiger partial charge in [-0.15, -0.1) is 0 Å². The van der Waals surface area contributed by atoms with Gasteiger partial charge in [-0.2, -0.15) is 4.98 Å². The summed E-state index contributed by atoms with van der Waals surface area (Å²) in [4.78, 5) is 17.0. The van der Waals surface area contributed by atoms with Crippen LogP contribution in [-0.4, -0.2) is 27.9 Å². The Hall–Kier alpha value is -1.95. The fourth-order valence-electron chi connectivity index (χ4n) is 2.82. The molecule has 6 heteroatoms. The number of aromatic nitrogens is 3. The highest BCUT2D eigenvalue weighted by Gasteiger charge is 2.25. The number of ether oxygens (including phenoxy) is 1. The van der Waals surface area contributed by atoms with Crippen LogP contribution in [-0.2, 0) is 11.3 Å². The molecule has 0 aromatic carbocycles. The maximum absolute atomic E-state index is 12.6. The summed E-state index contributed by atoms with van der Waals surface area (Å²) in [6, 6.07) is 1.97. The Kier molecular flexibility index (Phi) is 3.63. The molecule has 0 radical (unpaired) electrons. The lowest BCUT2D eigenvalue weighted by molar-refractivity contribution is 0.192. The largest absolute Gasteiger partial charge is 0.381 e. The van der Waals surface area contributed by atoms with Gasteiger partial charge < -0.3 is 13.8 Å². The molecular weight excluding hydrogens is 270 g/mol. The van der Waals surface area contributed by atoms with Crippen LogP contribution in [0.15, 0.2) is 15.4 Å². The molecule has 6 nitrogen and oxygen atoms in total. The Bertz CT molecular complexity index is 711. The van der Waals surface area contributed by atoms with Crippen LogP contribution >= 0.6 is 0 Å². The fourth-order valence-corrected chi connectivity index (χ4v) is 2.82. The molecule has 0 N–H and O–H groups in total. The zero-order chi connectivity index (χ0) is 15.0. The van der Waals surface area contributed by atoms with Gasteiger partial charge in [0.05, 0.1) is 6.61 Å². The first-order valence-electron chi connectivity index (χ1n) is 7.24. The molecule has 0 spiro atoms. The van der Waals surface area contributed by atoms with E-state index in [4.69, 9.17) is 9.26 Å². The number of rotatable bonds is 3. The van der Waals surface area contributed by atoms with Crippen LogP contribution in [0.1, 0.15) is 36.3 Å². The second-order valence-electron chi connectivity index (χ2n) is 5.41. The molecule has 1 atom stereocenters. The van der Waals surface area contributed by atoms with Crippen molar-refractivity contribution in [1.82, 2.24) is 14.7 Å². The summed E-state index contributed by atoms with van der Waals surface area (Å²) >= 11 is 0. The van der Waals surface area contributed by atoms with E-state index < -0.39 is 0 Å². The van der Waals surface area contributed by atoms with Crippen LogP contribution in [0, 0.1) is 13.8 Å². The van der Waals surface area contributed by atoms with Gasteiger partial charge in [-0.25, -0.2) is 0 Å². The molecule has 2 aromatic heterocycles. The van der Waals surface area contributed by atoms with E-state index >= 15 is 0 Å². The van der Waals surface area contributed by atoms with E-state index in [1.807, 2.05) is 26.8 Å². The molecule has 0 aliphatic carbocycles. The van der Waals surface area contributed by atoms with Crippen LogP contribution in [0.25, 0.3) is 11.5 Å². The van der Waals surface area contributed by atoms with Gasteiger partial charge in [-0.1, -0.05) is 5.16 Å². The number of pyridine rings is 1.